The molecule has 29 heavy (non-hydrogen) atoms. The fraction of sp³-hybridized carbons (Fsp3) is 0.550. The highest BCUT2D eigenvalue weighted by atomic mass is 32.2. The zero-order valence-corrected chi connectivity index (χ0v) is 17.5. The van der Waals surface area contributed by atoms with Crippen molar-refractivity contribution in [3.8, 4) is 11.4 Å². The van der Waals surface area contributed by atoms with Crippen molar-refractivity contribution in [3.63, 3.8) is 0 Å². The number of benzene rings is 1. The number of aromatic nitrogens is 3. The number of aryl methyl sites for hydroxylation is 1. The fourth-order valence-electron chi connectivity index (χ4n) is 4.08. The molecule has 156 valence electrons. The normalized spacial score (nSPS) is 21.0. The summed E-state index contributed by atoms with van der Waals surface area (Å²) in [7, 11) is -1.16. The number of likely N-dealkylation sites (N-methyl/N-ethyl adjacent to an activating group) is 1. The Morgan fingerprint density at radius 1 is 1.21 bits per heavy atom. The Bertz CT molecular complexity index is 984. The van der Waals surface area contributed by atoms with E-state index >= 15 is 0 Å². The van der Waals surface area contributed by atoms with Crippen molar-refractivity contribution in [2.75, 3.05) is 30.4 Å². The second kappa shape index (κ2) is 8.23. The predicted molar refractivity (Wildman–Crippen MR) is 111 cm³/mol. The van der Waals surface area contributed by atoms with Crippen LogP contribution >= 0.6 is 0 Å². The number of nitrogens with zero attached hydrogens (tertiary/aromatic N) is 4. The maximum absolute atomic E-state index is 12.4. The minimum Gasteiger partial charge on any atom is -0.325 e. The highest BCUT2D eigenvalue weighted by Gasteiger charge is 2.31. The predicted octanol–water partition coefficient (Wildman–Crippen LogP) is 1.73. The van der Waals surface area contributed by atoms with Crippen LogP contribution in [0.15, 0.2) is 24.3 Å². The van der Waals surface area contributed by atoms with Gasteiger partial charge in [-0.15, -0.1) is 10.2 Å². The summed E-state index contributed by atoms with van der Waals surface area (Å²) in [6.45, 7) is 1.11. The van der Waals surface area contributed by atoms with Gasteiger partial charge in [-0.05, 0) is 50.6 Å². The van der Waals surface area contributed by atoms with Crippen molar-refractivity contribution in [1.29, 1.82) is 0 Å². The molecule has 1 aromatic carbocycles. The molecule has 1 amide bonds. The van der Waals surface area contributed by atoms with Crippen molar-refractivity contribution in [1.82, 2.24) is 19.7 Å². The van der Waals surface area contributed by atoms with Gasteiger partial charge in [0.05, 0.1) is 18.1 Å². The van der Waals surface area contributed by atoms with E-state index in [2.05, 4.69) is 20.1 Å². The van der Waals surface area contributed by atoms with Crippen molar-refractivity contribution < 1.29 is 13.2 Å². The van der Waals surface area contributed by atoms with Gasteiger partial charge >= 0.3 is 0 Å². The fourth-order valence-corrected chi connectivity index (χ4v) is 5.89. The van der Waals surface area contributed by atoms with Gasteiger partial charge in [-0.3, -0.25) is 9.69 Å². The molecule has 0 saturated carbocycles. The Kier molecular flexibility index (Phi) is 5.69. The first kappa shape index (κ1) is 20.0. The molecule has 1 unspecified atom stereocenters. The summed E-state index contributed by atoms with van der Waals surface area (Å²) in [5.74, 6) is 2.11. The molecule has 1 atom stereocenters. The number of sulfone groups is 1. The molecule has 0 spiro atoms. The molecule has 9 heteroatoms. The van der Waals surface area contributed by atoms with Crippen LogP contribution in [0.3, 0.4) is 0 Å². The second-order valence-electron chi connectivity index (χ2n) is 8.00. The van der Waals surface area contributed by atoms with Crippen molar-refractivity contribution >= 4 is 21.4 Å². The van der Waals surface area contributed by atoms with Gasteiger partial charge < -0.3 is 9.88 Å². The third-order valence-electron chi connectivity index (χ3n) is 5.76. The monoisotopic (exact) mass is 417 g/mol. The average molecular weight is 418 g/mol. The molecule has 2 aromatic rings. The van der Waals surface area contributed by atoms with E-state index in [1.807, 2.05) is 29.2 Å². The quantitative estimate of drug-likeness (QED) is 0.796. The summed E-state index contributed by atoms with van der Waals surface area (Å²) in [5, 5.41) is 11.6. The largest absolute Gasteiger partial charge is 0.325 e. The standard InChI is InChI=1S/C20H27N5O3S/c1-24(17-10-12-29(27,28)14-17)13-19(26)21-16-8-6-15(7-9-16)20-23-22-18-5-3-2-4-11-25(18)20/h6-9,17H,2-5,10-14H2,1H3,(H,21,26). The maximum Gasteiger partial charge on any atom is 0.238 e. The number of rotatable bonds is 5. The van der Waals surface area contributed by atoms with Gasteiger partial charge in [-0.1, -0.05) is 6.42 Å². The van der Waals surface area contributed by atoms with E-state index in [1.54, 1.807) is 7.05 Å². The summed E-state index contributed by atoms with van der Waals surface area (Å²) in [6.07, 6.45) is 5.07. The zero-order chi connectivity index (χ0) is 20.4. The molecule has 1 N–H and O–H groups in total. The summed E-state index contributed by atoms with van der Waals surface area (Å²) in [4.78, 5) is 14.2. The van der Waals surface area contributed by atoms with Gasteiger partial charge in [0.1, 0.15) is 5.82 Å². The molecule has 1 fully saturated rings. The Labute approximate surface area is 171 Å². The Morgan fingerprint density at radius 2 is 2.00 bits per heavy atom. The molecule has 2 aliphatic heterocycles. The number of anilines is 1. The molecule has 3 heterocycles. The van der Waals surface area contributed by atoms with Crippen LogP contribution in [0, 0.1) is 0 Å². The molecular weight excluding hydrogens is 390 g/mol. The number of amides is 1. The van der Waals surface area contributed by atoms with Gasteiger partial charge in [-0.2, -0.15) is 0 Å². The minimum atomic E-state index is -2.96. The first-order chi connectivity index (χ1) is 13.9. The SMILES string of the molecule is CN(CC(=O)Nc1ccc(-c2nnc3n2CCCCC3)cc1)C1CCS(=O)(=O)C1. The van der Waals surface area contributed by atoms with E-state index in [0.29, 0.717) is 12.1 Å². The van der Waals surface area contributed by atoms with E-state index in [0.717, 1.165) is 43.0 Å². The Hall–Kier alpha value is -2.26. The number of hydrogen-bond acceptors (Lipinski definition) is 6. The van der Waals surface area contributed by atoms with Gasteiger partial charge in [0.15, 0.2) is 15.7 Å². The highest BCUT2D eigenvalue weighted by Crippen LogP contribution is 2.24. The van der Waals surface area contributed by atoms with Crippen LogP contribution < -0.4 is 5.32 Å². The number of carbonyl (C=O) groups excluding carboxylic acids is 1. The lowest BCUT2D eigenvalue weighted by Gasteiger charge is -2.22. The van der Waals surface area contributed by atoms with Crippen LogP contribution in [0.2, 0.25) is 0 Å². The number of hydrogen-bond donors (Lipinski definition) is 1. The molecule has 4 rings (SSSR count). The van der Waals surface area contributed by atoms with E-state index in [4.69, 9.17) is 0 Å². The first-order valence-electron chi connectivity index (χ1n) is 10.1. The highest BCUT2D eigenvalue weighted by molar-refractivity contribution is 7.91. The van der Waals surface area contributed by atoms with Gasteiger partial charge in [0.25, 0.3) is 0 Å². The van der Waals surface area contributed by atoms with Crippen molar-refractivity contribution in [2.24, 2.45) is 0 Å². The smallest absolute Gasteiger partial charge is 0.238 e. The summed E-state index contributed by atoms with van der Waals surface area (Å²) >= 11 is 0. The first-order valence-corrected chi connectivity index (χ1v) is 12.0. The minimum absolute atomic E-state index is 0.0867. The molecule has 1 aromatic heterocycles. The molecule has 1 saturated heterocycles. The lowest BCUT2D eigenvalue weighted by Crippen LogP contribution is -2.38. The van der Waals surface area contributed by atoms with Gasteiger partial charge in [-0.25, -0.2) is 8.42 Å². The second-order valence-corrected chi connectivity index (χ2v) is 10.2. The zero-order valence-electron chi connectivity index (χ0n) is 16.7. The Balaban J connectivity index is 1.37. The van der Waals surface area contributed by atoms with Crippen molar-refractivity contribution in [2.45, 2.75) is 44.7 Å². The third-order valence-corrected chi connectivity index (χ3v) is 7.51. The molecule has 0 radical (unpaired) electrons. The van der Waals surface area contributed by atoms with Crippen LogP contribution in [-0.2, 0) is 27.6 Å². The third kappa shape index (κ3) is 4.67. The van der Waals surface area contributed by atoms with Gasteiger partial charge in [0.2, 0.25) is 5.91 Å². The van der Waals surface area contributed by atoms with E-state index in [9.17, 15) is 13.2 Å². The van der Waals surface area contributed by atoms with E-state index in [1.165, 1.54) is 6.42 Å². The van der Waals surface area contributed by atoms with Crippen LogP contribution in [-0.4, -0.2) is 65.1 Å². The van der Waals surface area contributed by atoms with Crippen LogP contribution in [0.5, 0.6) is 0 Å². The Morgan fingerprint density at radius 3 is 2.72 bits per heavy atom. The summed E-state index contributed by atoms with van der Waals surface area (Å²) < 4.78 is 25.4. The average Bonchev–Trinajstić information content (AvgIpc) is 3.17. The summed E-state index contributed by atoms with van der Waals surface area (Å²) in [6, 6.07) is 7.55. The molecule has 0 aliphatic carbocycles. The molecule has 8 nitrogen and oxygen atoms in total. The van der Waals surface area contributed by atoms with Gasteiger partial charge in [0, 0.05) is 30.3 Å². The molecular formula is C20H27N5O3S. The number of fused-ring (bicyclic) bond motifs is 1. The van der Waals surface area contributed by atoms with E-state index < -0.39 is 9.84 Å². The lowest BCUT2D eigenvalue weighted by molar-refractivity contribution is -0.117. The molecule has 0 bridgehead atoms. The number of carbonyl (C=O) groups is 1. The molecule has 2 aliphatic rings. The van der Waals surface area contributed by atoms with Crippen molar-refractivity contribution in [3.05, 3.63) is 30.1 Å². The van der Waals surface area contributed by atoms with Crippen LogP contribution in [0.1, 0.15) is 31.5 Å². The number of nitrogens with one attached hydrogen (secondary N) is 1. The maximum atomic E-state index is 12.4. The lowest BCUT2D eigenvalue weighted by atomic mass is 10.2. The van der Waals surface area contributed by atoms with Crippen LogP contribution in [0.4, 0.5) is 5.69 Å². The van der Waals surface area contributed by atoms with Crippen LogP contribution in [0.25, 0.3) is 11.4 Å². The topological polar surface area (TPSA) is 97.2 Å². The van der Waals surface area contributed by atoms with E-state index in [-0.39, 0.29) is 30.0 Å². The summed E-state index contributed by atoms with van der Waals surface area (Å²) in [5.41, 5.74) is 1.69.